The van der Waals surface area contributed by atoms with Crippen LogP contribution in [0.15, 0.2) is 17.1 Å². The molecule has 0 amide bonds. The topological polar surface area (TPSA) is 12.4 Å². The van der Waals surface area contributed by atoms with Crippen LogP contribution < -0.4 is 0 Å². The highest BCUT2D eigenvalue weighted by atomic mass is 14.6. The van der Waals surface area contributed by atoms with Gasteiger partial charge in [0.25, 0.3) is 0 Å². The van der Waals surface area contributed by atoms with E-state index in [1.807, 2.05) is 13.3 Å². The number of allylic oxidation sites excluding steroid dienone is 2. The third-order valence-electron chi connectivity index (χ3n) is 4.28. The van der Waals surface area contributed by atoms with E-state index in [9.17, 15) is 0 Å². The first-order chi connectivity index (χ1) is 10.9. The van der Waals surface area contributed by atoms with E-state index in [2.05, 4.69) is 24.1 Å². The molecule has 0 aromatic heterocycles. The summed E-state index contributed by atoms with van der Waals surface area (Å²) in [6.45, 7) is 2.28. The smallest absolute Gasteiger partial charge is 0.0273 e. The third-order valence-corrected chi connectivity index (χ3v) is 4.28. The van der Waals surface area contributed by atoms with E-state index >= 15 is 0 Å². The molecular weight excluding hydrogens is 266 g/mol. The van der Waals surface area contributed by atoms with E-state index in [1.54, 1.807) is 0 Å². The molecule has 0 saturated carbocycles. The lowest BCUT2D eigenvalue weighted by Crippen LogP contribution is -1.82. The Kier molecular flexibility index (Phi) is 19.9. The van der Waals surface area contributed by atoms with Gasteiger partial charge < -0.3 is 4.99 Å². The van der Waals surface area contributed by atoms with E-state index in [4.69, 9.17) is 0 Å². The molecule has 0 aliphatic carbocycles. The Morgan fingerprint density at radius 3 is 1.41 bits per heavy atom. The van der Waals surface area contributed by atoms with Gasteiger partial charge in [-0.2, -0.15) is 0 Å². The highest BCUT2D eigenvalue weighted by Crippen LogP contribution is 2.10. The largest absolute Gasteiger partial charge is 0.301 e. The molecule has 0 spiro atoms. The van der Waals surface area contributed by atoms with Gasteiger partial charge in [-0.3, -0.25) is 0 Å². The second kappa shape index (κ2) is 20.4. The summed E-state index contributed by atoms with van der Waals surface area (Å²) in [4.78, 5) is 4.02. The predicted octanol–water partition coefficient (Wildman–Crippen LogP) is 7.50. The Balaban J connectivity index is 3.05. The predicted molar refractivity (Wildman–Crippen MR) is 103 cm³/mol. The molecule has 0 radical (unpaired) electrons. The summed E-state index contributed by atoms with van der Waals surface area (Å²) >= 11 is 0. The summed E-state index contributed by atoms with van der Waals surface area (Å²) in [6.07, 6.45) is 28.8. The molecule has 0 saturated heterocycles. The maximum atomic E-state index is 4.02. The molecule has 0 aromatic carbocycles. The molecule has 22 heavy (non-hydrogen) atoms. The molecule has 0 rings (SSSR count). The van der Waals surface area contributed by atoms with Crippen molar-refractivity contribution in [3.63, 3.8) is 0 Å². The van der Waals surface area contributed by atoms with Gasteiger partial charge >= 0.3 is 0 Å². The molecule has 0 aromatic rings. The fraction of sp³-hybridized carbons (Fsp3) is 0.857. The average Bonchev–Trinajstić information content (AvgIpc) is 2.54. The molecule has 0 fully saturated rings. The molecule has 0 aliphatic heterocycles. The quantitative estimate of drug-likeness (QED) is 0.150. The molecule has 0 N–H and O–H groups in total. The van der Waals surface area contributed by atoms with Crippen LogP contribution in [0, 0.1) is 0 Å². The minimum Gasteiger partial charge on any atom is -0.301 e. The Morgan fingerprint density at radius 1 is 0.545 bits per heavy atom. The zero-order valence-electron chi connectivity index (χ0n) is 15.5. The van der Waals surface area contributed by atoms with Crippen molar-refractivity contribution in [2.75, 3.05) is 7.05 Å². The highest BCUT2D eigenvalue weighted by molar-refractivity contribution is 5.56. The summed E-state index contributed by atoms with van der Waals surface area (Å²) in [5.74, 6) is 0. The molecule has 130 valence electrons. The number of hydrogen-bond donors (Lipinski definition) is 0. The summed E-state index contributed by atoms with van der Waals surface area (Å²) in [5, 5.41) is 0. The summed E-state index contributed by atoms with van der Waals surface area (Å²) < 4.78 is 0. The number of nitrogens with zero attached hydrogens (tertiary/aromatic N) is 1. The Hall–Kier alpha value is -0.590. The van der Waals surface area contributed by atoms with Gasteiger partial charge in [-0.1, -0.05) is 83.3 Å². The maximum Gasteiger partial charge on any atom is 0.0273 e. The first-order valence-electron chi connectivity index (χ1n) is 9.97. The van der Waals surface area contributed by atoms with E-state index in [1.165, 1.54) is 103 Å². The number of rotatable bonds is 17. The van der Waals surface area contributed by atoms with Crippen LogP contribution in [-0.2, 0) is 0 Å². The maximum absolute atomic E-state index is 4.02. The SMILES string of the molecule is CCCCCCCCC=CCCCCCCCCCC=NC. The fourth-order valence-corrected chi connectivity index (χ4v) is 2.79. The third kappa shape index (κ3) is 19.4. The van der Waals surface area contributed by atoms with Gasteiger partial charge in [0, 0.05) is 7.05 Å². The first-order valence-corrected chi connectivity index (χ1v) is 9.97. The van der Waals surface area contributed by atoms with Gasteiger partial charge in [-0.25, -0.2) is 0 Å². The number of aliphatic imine (C=N–C) groups is 1. The van der Waals surface area contributed by atoms with Crippen LogP contribution in [0.5, 0.6) is 0 Å². The van der Waals surface area contributed by atoms with E-state index < -0.39 is 0 Å². The van der Waals surface area contributed by atoms with Crippen LogP contribution in [0.1, 0.15) is 110 Å². The van der Waals surface area contributed by atoms with Gasteiger partial charge in [0.05, 0.1) is 0 Å². The molecule has 1 heteroatoms. The summed E-state index contributed by atoms with van der Waals surface area (Å²) in [5.41, 5.74) is 0. The van der Waals surface area contributed by atoms with Gasteiger partial charge in [0.15, 0.2) is 0 Å². The average molecular weight is 308 g/mol. The fourth-order valence-electron chi connectivity index (χ4n) is 2.79. The second-order valence-electron chi connectivity index (χ2n) is 6.52. The van der Waals surface area contributed by atoms with Crippen LogP contribution in [-0.4, -0.2) is 13.3 Å². The van der Waals surface area contributed by atoms with Crippen molar-refractivity contribution < 1.29 is 0 Å². The van der Waals surface area contributed by atoms with Crippen LogP contribution >= 0.6 is 0 Å². The highest BCUT2D eigenvalue weighted by Gasteiger charge is 1.91. The Morgan fingerprint density at radius 2 is 0.955 bits per heavy atom. The summed E-state index contributed by atoms with van der Waals surface area (Å²) in [6, 6.07) is 0. The lowest BCUT2D eigenvalue weighted by Gasteiger charge is -2.00. The summed E-state index contributed by atoms with van der Waals surface area (Å²) in [7, 11) is 1.86. The zero-order chi connectivity index (χ0) is 16.1. The van der Waals surface area contributed by atoms with Crippen molar-refractivity contribution in [1.82, 2.24) is 0 Å². The van der Waals surface area contributed by atoms with Crippen molar-refractivity contribution in [1.29, 1.82) is 0 Å². The zero-order valence-corrected chi connectivity index (χ0v) is 15.5. The molecule has 0 bridgehead atoms. The van der Waals surface area contributed by atoms with Crippen LogP contribution in [0.4, 0.5) is 0 Å². The van der Waals surface area contributed by atoms with Crippen molar-refractivity contribution in [2.45, 2.75) is 110 Å². The lowest BCUT2D eigenvalue weighted by molar-refractivity contribution is 0.586. The monoisotopic (exact) mass is 307 g/mol. The van der Waals surface area contributed by atoms with Gasteiger partial charge in [-0.15, -0.1) is 0 Å². The molecule has 0 aliphatic rings. The Labute approximate surface area is 140 Å². The van der Waals surface area contributed by atoms with Crippen molar-refractivity contribution in [3.05, 3.63) is 12.2 Å². The minimum atomic E-state index is 1.17. The van der Waals surface area contributed by atoms with Crippen LogP contribution in [0.2, 0.25) is 0 Å². The van der Waals surface area contributed by atoms with E-state index in [-0.39, 0.29) is 0 Å². The van der Waals surface area contributed by atoms with E-state index in [0.29, 0.717) is 0 Å². The molecule has 1 nitrogen and oxygen atoms in total. The van der Waals surface area contributed by atoms with Crippen molar-refractivity contribution in [3.8, 4) is 0 Å². The van der Waals surface area contributed by atoms with Gasteiger partial charge in [0.1, 0.15) is 0 Å². The molecule has 0 heterocycles. The molecular formula is C21H41N. The minimum absolute atomic E-state index is 1.17. The van der Waals surface area contributed by atoms with Crippen molar-refractivity contribution in [2.24, 2.45) is 4.99 Å². The molecule has 0 atom stereocenters. The normalized spacial score (nSPS) is 11.9. The standard InChI is InChI=1S/C21H41N/c1-3-4-5-6-7-8-9-10-11-12-13-14-15-16-17-18-19-20-21-22-2/h10-11,21H,3-9,12-20H2,1-2H3. The van der Waals surface area contributed by atoms with E-state index in [0.717, 1.165) is 0 Å². The molecule has 0 unspecified atom stereocenters. The lowest BCUT2D eigenvalue weighted by atomic mass is 10.1. The Bertz CT molecular complexity index is 242. The van der Waals surface area contributed by atoms with Crippen LogP contribution in [0.3, 0.4) is 0 Å². The van der Waals surface area contributed by atoms with Gasteiger partial charge in [-0.05, 0) is 44.7 Å². The van der Waals surface area contributed by atoms with Crippen LogP contribution in [0.25, 0.3) is 0 Å². The second-order valence-corrected chi connectivity index (χ2v) is 6.52. The van der Waals surface area contributed by atoms with Crippen molar-refractivity contribution >= 4 is 6.21 Å². The number of unbranched alkanes of at least 4 members (excludes halogenated alkanes) is 14. The first kappa shape index (κ1) is 21.4. The number of hydrogen-bond acceptors (Lipinski definition) is 1. The van der Waals surface area contributed by atoms with Gasteiger partial charge in [0.2, 0.25) is 0 Å².